The van der Waals surface area contributed by atoms with E-state index in [-0.39, 0.29) is 39.7 Å². The second-order valence-electron chi connectivity index (χ2n) is 6.41. The van der Waals surface area contributed by atoms with Crippen molar-refractivity contribution < 1.29 is 32.4 Å². The van der Waals surface area contributed by atoms with E-state index in [1.54, 1.807) is 0 Å². The Morgan fingerprint density at radius 2 is 2.06 bits per heavy atom. The van der Waals surface area contributed by atoms with E-state index in [9.17, 15) is 23.7 Å². The van der Waals surface area contributed by atoms with Crippen LogP contribution in [0.2, 0.25) is 5.02 Å². The maximum atomic E-state index is 12.5. The van der Waals surface area contributed by atoms with Gasteiger partial charge in [0.15, 0.2) is 10.9 Å². The molecule has 0 spiro atoms. The Kier molecular flexibility index (Phi) is 6.38. The summed E-state index contributed by atoms with van der Waals surface area (Å²) in [5.41, 5.74) is 0.336. The minimum absolute atomic E-state index is 0.00984. The molecule has 13 heteroatoms. The fourth-order valence-electron chi connectivity index (χ4n) is 2.74. The van der Waals surface area contributed by atoms with E-state index in [0.717, 1.165) is 11.3 Å². The van der Waals surface area contributed by atoms with Crippen molar-refractivity contribution in [2.75, 3.05) is 5.32 Å². The van der Waals surface area contributed by atoms with Crippen molar-refractivity contribution in [2.24, 2.45) is 0 Å². The number of fused-ring (bicyclic) bond motifs is 1. The molecule has 0 atom stereocenters. The largest absolute Gasteiger partial charge is 0.484 e. The van der Waals surface area contributed by atoms with Crippen LogP contribution in [-0.4, -0.2) is 22.4 Å². The normalized spacial score (nSPS) is 11.0. The van der Waals surface area contributed by atoms with Gasteiger partial charge in [-0.3, -0.25) is 20.2 Å². The topological polar surface area (TPSA) is 117 Å². The number of thiazole rings is 1. The number of ether oxygens (including phenoxy) is 2. The average Bonchev–Trinajstić information content (AvgIpc) is 3.38. The smallest absolute Gasteiger partial charge is 0.387 e. The van der Waals surface area contributed by atoms with Gasteiger partial charge >= 0.3 is 6.61 Å². The lowest BCUT2D eigenvalue weighted by Crippen LogP contribution is -2.10. The number of amides is 1. The molecule has 0 aliphatic carbocycles. The molecule has 0 saturated heterocycles. The van der Waals surface area contributed by atoms with Crippen molar-refractivity contribution >= 4 is 49.9 Å². The molecule has 4 rings (SSSR count). The number of furan rings is 1. The molecule has 0 aliphatic heterocycles. The molecule has 2 heterocycles. The van der Waals surface area contributed by atoms with Crippen molar-refractivity contribution in [3.05, 3.63) is 75.2 Å². The van der Waals surface area contributed by atoms with Gasteiger partial charge in [0.25, 0.3) is 11.6 Å². The number of rotatable bonds is 8. The Bertz CT molecular complexity index is 1340. The molecule has 0 fully saturated rings. The van der Waals surface area contributed by atoms with Crippen LogP contribution in [0.25, 0.3) is 10.2 Å². The number of nitrogens with zero attached hydrogens (tertiary/aromatic N) is 2. The van der Waals surface area contributed by atoms with Gasteiger partial charge in [-0.05, 0) is 36.4 Å². The second kappa shape index (κ2) is 9.38. The number of nitro benzene ring substituents is 1. The number of aromatic nitrogens is 1. The minimum atomic E-state index is -2.94. The standard InChI is InChI=1S/C20H12ClF2N3O6S/c21-13-7-10(26(28)29)1-5-15(13)30-9-12-3-6-16(31-12)18(27)25-20-24-14-4-2-11(32-19(22)23)8-17(14)33-20/h1-8,19H,9H2,(H,24,25,27). The molecule has 0 radical (unpaired) electrons. The number of anilines is 1. The van der Waals surface area contributed by atoms with E-state index in [4.69, 9.17) is 20.8 Å². The fourth-order valence-corrected chi connectivity index (χ4v) is 3.86. The third-order valence-corrected chi connectivity index (χ3v) is 5.42. The van der Waals surface area contributed by atoms with Crippen LogP contribution in [0, 0.1) is 10.1 Å². The van der Waals surface area contributed by atoms with Gasteiger partial charge in [0.1, 0.15) is 23.9 Å². The summed E-state index contributed by atoms with van der Waals surface area (Å²) in [6.45, 7) is -3.01. The Labute approximate surface area is 192 Å². The van der Waals surface area contributed by atoms with E-state index >= 15 is 0 Å². The van der Waals surface area contributed by atoms with Crippen molar-refractivity contribution in [1.82, 2.24) is 4.98 Å². The highest BCUT2D eigenvalue weighted by atomic mass is 35.5. The predicted octanol–water partition coefficient (Wildman–Crippen LogP) is 5.88. The molecule has 2 aromatic heterocycles. The third kappa shape index (κ3) is 5.35. The van der Waals surface area contributed by atoms with Gasteiger partial charge in [-0.2, -0.15) is 8.78 Å². The number of carbonyl (C=O) groups excluding carboxylic acids is 1. The Hall–Kier alpha value is -3.77. The van der Waals surface area contributed by atoms with Gasteiger partial charge < -0.3 is 13.9 Å². The Balaban J connectivity index is 1.39. The van der Waals surface area contributed by atoms with Crippen LogP contribution >= 0.6 is 22.9 Å². The second-order valence-corrected chi connectivity index (χ2v) is 7.85. The van der Waals surface area contributed by atoms with Gasteiger partial charge in [-0.25, -0.2) is 4.98 Å². The number of halogens is 3. The molecule has 0 saturated carbocycles. The molecule has 1 amide bonds. The lowest BCUT2D eigenvalue weighted by molar-refractivity contribution is -0.384. The zero-order chi connectivity index (χ0) is 23.5. The average molecular weight is 496 g/mol. The zero-order valence-electron chi connectivity index (χ0n) is 16.3. The van der Waals surface area contributed by atoms with Crippen molar-refractivity contribution in [3.63, 3.8) is 0 Å². The van der Waals surface area contributed by atoms with Crippen LogP contribution in [0.3, 0.4) is 0 Å². The van der Waals surface area contributed by atoms with Gasteiger partial charge in [0, 0.05) is 12.1 Å². The van der Waals surface area contributed by atoms with Gasteiger partial charge in [0.05, 0.1) is 20.2 Å². The summed E-state index contributed by atoms with van der Waals surface area (Å²) < 4.78 is 40.6. The first kappa shape index (κ1) is 22.4. The van der Waals surface area contributed by atoms with Gasteiger partial charge in [-0.15, -0.1) is 0 Å². The number of nitrogens with one attached hydrogen (secondary N) is 1. The Morgan fingerprint density at radius 1 is 1.24 bits per heavy atom. The molecular formula is C20H12ClF2N3O6S. The molecule has 1 N–H and O–H groups in total. The van der Waals surface area contributed by atoms with Gasteiger partial charge in [-0.1, -0.05) is 22.9 Å². The van der Waals surface area contributed by atoms with Crippen molar-refractivity contribution in [1.29, 1.82) is 0 Å². The van der Waals surface area contributed by atoms with Gasteiger partial charge in [0.2, 0.25) is 0 Å². The van der Waals surface area contributed by atoms with E-state index in [0.29, 0.717) is 16.0 Å². The molecule has 0 unspecified atom stereocenters. The van der Waals surface area contributed by atoms with E-state index in [2.05, 4.69) is 15.0 Å². The highest BCUT2D eigenvalue weighted by Crippen LogP contribution is 2.31. The van der Waals surface area contributed by atoms with Crippen molar-refractivity contribution in [3.8, 4) is 11.5 Å². The molecule has 0 aliphatic rings. The Morgan fingerprint density at radius 3 is 2.79 bits per heavy atom. The predicted molar refractivity (Wildman–Crippen MR) is 115 cm³/mol. The van der Waals surface area contributed by atoms with Crippen LogP contribution in [-0.2, 0) is 6.61 Å². The fraction of sp³-hybridized carbons (Fsp3) is 0.100. The molecule has 9 nitrogen and oxygen atoms in total. The molecule has 170 valence electrons. The van der Waals surface area contributed by atoms with Crippen LogP contribution in [0.1, 0.15) is 16.3 Å². The number of nitro groups is 1. The third-order valence-electron chi connectivity index (χ3n) is 4.19. The number of non-ortho nitro benzene ring substituents is 1. The summed E-state index contributed by atoms with van der Waals surface area (Å²) in [6, 6.07) is 11.0. The number of hydrogen-bond donors (Lipinski definition) is 1. The van der Waals surface area contributed by atoms with E-state index in [1.165, 1.54) is 48.5 Å². The van der Waals surface area contributed by atoms with Crippen LogP contribution in [0.5, 0.6) is 11.5 Å². The van der Waals surface area contributed by atoms with Crippen LogP contribution < -0.4 is 14.8 Å². The van der Waals surface area contributed by atoms with Crippen LogP contribution in [0.4, 0.5) is 19.6 Å². The van der Waals surface area contributed by atoms with Crippen LogP contribution in [0.15, 0.2) is 52.9 Å². The highest BCUT2D eigenvalue weighted by molar-refractivity contribution is 7.22. The molecule has 4 aromatic rings. The zero-order valence-corrected chi connectivity index (χ0v) is 17.9. The number of carbonyl (C=O) groups is 1. The maximum absolute atomic E-state index is 12.5. The lowest BCUT2D eigenvalue weighted by atomic mass is 10.3. The summed E-state index contributed by atoms with van der Waals surface area (Å²) in [4.78, 5) is 26.9. The first-order valence-corrected chi connectivity index (χ1v) is 10.3. The summed E-state index contributed by atoms with van der Waals surface area (Å²) in [5, 5.41) is 13.7. The number of alkyl halides is 2. The van der Waals surface area contributed by atoms with Crippen molar-refractivity contribution in [2.45, 2.75) is 13.2 Å². The van der Waals surface area contributed by atoms with E-state index in [1.807, 2.05) is 0 Å². The molecule has 0 bridgehead atoms. The maximum Gasteiger partial charge on any atom is 0.387 e. The summed E-state index contributed by atoms with van der Waals surface area (Å²) in [6.07, 6.45) is 0. The first-order valence-electron chi connectivity index (χ1n) is 9.10. The minimum Gasteiger partial charge on any atom is -0.484 e. The number of hydrogen-bond acceptors (Lipinski definition) is 8. The molecule has 2 aromatic carbocycles. The molecule has 33 heavy (non-hydrogen) atoms. The van der Waals surface area contributed by atoms with E-state index < -0.39 is 17.4 Å². The lowest BCUT2D eigenvalue weighted by Gasteiger charge is -2.06. The summed E-state index contributed by atoms with van der Waals surface area (Å²) in [7, 11) is 0. The highest BCUT2D eigenvalue weighted by Gasteiger charge is 2.16. The number of benzene rings is 2. The SMILES string of the molecule is O=C(Nc1nc2ccc(OC(F)F)cc2s1)c1ccc(COc2ccc([N+](=O)[O-])cc2Cl)o1. The molecular weight excluding hydrogens is 484 g/mol. The summed E-state index contributed by atoms with van der Waals surface area (Å²) in [5.74, 6) is -0.0630. The monoisotopic (exact) mass is 495 g/mol. The quantitative estimate of drug-likeness (QED) is 0.239. The summed E-state index contributed by atoms with van der Waals surface area (Å²) >= 11 is 7.06. The first-order chi connectivity index (χ1) is 15.8.